The number of nitrogens with zero attached hydrogens (tertiary/aromatic N) is 4. The Bertz CT molecular complexity index is 1150. The maximum absolute atomic E-state index is 13.3. The highest BCUT2D eigenvalue weighted by atomic mass is 32.2. The first-order valence-corrected chi connectivity index (χ1v) is 11.8. The van der Waals surface area contributed by atoms with Crippen LogP contribution >= 0.6 is 0 Å². The van der Waals surface area contributed by atoms with Gasteiger partial charge in [-0.2, -0.15) is 0 Å². The number of hydrogen-bond donors (Lipinski definition) is 1. The molecule has 2 aliphatic rings. The molecule has 0 radical (unpaired) electrons. The van der Waals surface area contributed by atoms with E-state index in [1.54, 1.807) is 42.7 Å². The van der Waals surface area contributed by atoms with Crippen LogP contribution in [0.3, 0.4) is 0 Å². The number of fused-ring (bicyclic) bond motifs is 2. The Balaban J connectivity index is 0.000000730. The van der Waals surface area contributed by atoms with Crippen LogP contribution in [0.4, 0.5) is 5.69 Å². The van der Waals surface area contributed by atoms with Crippen LogP contribution in [0.1, 0.15) is 19.3 Å². The van der Waals surface area contributed by atoms with Gasteiger partial charge in [-0.05, 0) is 43.7 Å². The predicted octanol–water partition coefficient (Wildman–Crippen LogP) is 2.65. The van der Waals surface area contributed by atoms with E-state index in [0.29, 0.717) is 16.5 Å². The van der Waals surface area contributed by atoms with Crippen molar-refractivity contribution in [3.8, 4) is 0 Å². The smallest absolute Gasteiger partial charge is 0.290 e. The SMILES string of the molecule is O=CO.O=S(=O)(c1ccccc1)n1cc(N2CCN3CCCCC3C2)c2ncccc21. The second kappa shape index (κ2) is 9.07. The van der Waals surface area contributed by atoms with Crippen LogP contribution in [0.25, 0.3) is 11.0 Å². The van der Waals surface area contributed by atoms with E-state index in [0.717, 1.165) is 30.8 Å². The Morgan fingerprint density at radius 1 is 1.03 bits per heavy atom. The largest absolute Gasteiger partial charge is 0.483 e. The molecule has 0 amide bonds. The summed E-state index contributed by atoms with van der Waals surface area (Å²) >= 11 is 0. The molecule has 0 spiro atoms. The predicted molar refractivity (Wildman–Crippen MR) is 119 cm³/mol. The van der Waals surface area contributed by atoms with Gasteiger partial charge in [-0.1, -0.05) is 24.6 Å². The minimum atomic E-state index is -3.67. The van der Waals surface area contributed by atoms with Gasteiger partial charge >= 0.3 is 0 Å². The highest BCUT2D eigenvalue weighted by Gasteiger charge is 2.31. The molecule has 2 fully saturated rings. The number of anilines is 1. The van der Waals surface area contributed by atoms with Crippen LogP contribution in [0, 0.1) is 0 Å². The molecule has 2 aromatic heterocycles. The van der Waals surface area contributed by atoms with Gasteiger partial charge in [-0.25, -0.2) is 12.4 Å². The van der Waals surface area contributed by atoms with Crippen molar-refractivity contribution in [1.82, 2.24) is 13.9 Å². The number of piperazine rings is 1. The van der Waals surface area contributed by atoms with Crippen LogP contribution in [-0.2, 0) is 14.8 Å². The molecule has 0 aliphatic carbocycles. The molecule has 164 valence electrons. The number of rotatable bonds is 3. The zero-order valence-corrected chi connectivity index (χ0v) is 18.0. The minimum Gasteiger partial charge on any atom is -0.483 e. The molecular formula is C22H26N4O4S. The Labute approximate surface area is 181 Å². The van der Waals surface area contributed by atoms with E-state index in [1.165, 1.54) is 29.8 Å². The van der Waals surface area contributed by atoms with Gasteiger partial charge in [0.1, 0.15) is 5.52 Å². The summed E-state index contributed by atoms with van der Waals surface area (Å²) in [5.41, 5.74) is 2.30. The lowest BCUT2D eigenvalue weighted by Crippen LogP contribution is -2.54. The number of pyridine rings is 1. The molecule has 8 nitrogen and oxygen atoms in total. The second-order valence-corrected chi connectivity index (χ2v) is 9.55. The fraction of sp³-hybridized carbons (Fsp3) is 0.364. The van der Waals surface area contributed by atoms with Crippen molar-refractivity contribution in [3.05, 3.63) is 54.9 Å². The lowest BCUT2D eigenvalue weighted by atomic mass is 9.99. The van der Waals surface area contributed by atoms with Gasteiger partial charge in [0.15, 0.2) is 0 Å². The number of piperidine rings is 1. The number of aromatic nitrogens is 2. The van der Waals surface area contributed by atoms with Gasteiger partial charge in [-0.3, -0.25) is 14.7 Å². The molecule has 0 bridgehead atoms. The van der Waals surface area contributed by atoms with Crippen molar-refractivity contribution in [2.45, 2.75) is 30.2 Å². The lowest BCUT2D eigenvalue weighted by Gasteiger charge is -2.44. The second-order valence-electron chi connectivity index (χ2n) is 7.74. The van der Waals surface area contributed by atoms with E-state index >= 15 is 0 Å². The quantitative estimate of drug-likeness (QED) is 0.623. The van der Waals surface area contributed by atoms with Crippen LogP contribution in [0.2, 0.25) is 0 Å². The molecule has 1 atom stereocenters. The molecule has 1 unspecified atom stereocenters. The summed E-state index contributed by atoms with van der Waals surface area (Å²) in [6.45, 7) is 3.79. The topological polar surface area (TPSA) is 95.7 Å². The van der Waals surface area contributed by atoms with Crippen LogP contribution in [-0.4, -0.2) is 66.1 Å². The highest BCUT2D eigenvalue weighted by molar-refractivity contribution is 7.90. The molecule has 31 heavy (non-hydrogen) atoms. The summed E-state index contributed by atoms with van der Waals surface area (Å²) in [6, 6.07) is 12.8. The highest BCUT2D eigenvalue weighted by Crippen LogP contribution is 2.33. The zero-order valence-electron chi connectivity index (χ0n) is 17.2. The van der Waals surface area contributed by atoms with E-state index in [1.807, 2.05) is 12.1 Å². The lowest BCUT2D eigenvalue weighted by molar-refractivity contribution is -0.122. The Morgan fingerprint density at radius 2 is 1.81 bits per heavy atom. The molecule has 5 rings (SSSR count). The van der Waals surface area contributed by atoms with Gasteiger partial charge < -0.3 is 10.0 Å². The maximum atomic E-state index is 13.3. The molecule has 1 aromatic carbocycles. The number of carbonyl (C=O) groups is 1. The molecule has 0 saturated carbocycles. The summed E-state index contributed by atoms with van der Waals surface area (Å²) in [6.07, 6.45) is 7.27. The van der Waals surface area contributed by atoms with Crippen molar-refractivity contribution in [1.29, 1.82) is 0 Å². The Kier molecular flexibility index (Phi) is 6.24. The minimum absolute atomic E-state index is 0.250. The van der Waals surface area contributed by atoms with Gasteiger partial charge in [0.2, 0.25) is 0 Å². The Morgan fingerprint density at radius 3 is 2.58 bits per heavy atom. The molecule has 3 aromatic rings. The number of benzene rings is 1. The summed E-state index contributed by atoms with van der Waals surface area (Å²) in [5.74, 6) is 0. The van der Waals surface area contributed by atoms with Gasteiger partial charge in [0, 0.05) is 38.1 Å². The van der Waals surface area contributed by atoms with E-state index in [4.69, 9.17) is 9.90 Å². The van der Waals surface area contributed by atoms with E-state index < -0.39 is 10.0 Å². The molecule has 1 N–H and O–H groups in total. The third-order valence-corrected chi connectivity index (χ3v) is 7.67. The van der Waals surface area contributed by atoms with Gasteiger partial charge in [-0.15, -0.1) is 0 Å². The fourth-order valence-corrected chi connectivity index (χ4v) is 5.90. The molecule has 9 heteroatoms. The van der Waals surface area contributed by atoms with Gasteiger partial charge in [0.25, 0.3) is 16.5 Å². The van der Waals surface area contributed by atoms with Crippen molar-refractivity contribution in [3.63, 3.8) is 0 Å². The summed E-state index contributed by atoms with van der Waals surface area (Å²) in [7, 11) is -3.67. The van der Waals surface area contributed by atoms with E-state index in [9.17, 15) is 8.42 Å². The summed E-state index contributed by atoms with van der Waals surface area (Å²) < 4.78 is 28.0. The molecule has 2 aliphatic heterocycles. The molecular weight excluding hydrogens is 416 g/mol. The van der Waals surface area contributed by atoms with E-state index in [2.05, 4.69) is 14.8 Å². The normalized spacial score (nSPS) is 19.4. The summed E-state index contributed by atoms with van der Waals surface area (Å²) in [4.78, 5) is 18.1. The summed E-state index contributed by atoms with van der Waals surface area (Å²) in [5, 5.41) is 6.89. The van der Waals surface area contributed by atoms with E-state index in [-0.39, 0.29) is 6.47 Å². The third kappa shape index (κ3) is 4.15. The van der Waals surface area contributed by atoms with Crippen molar-refractivity contribution >= 4 is 33.2 Å². The van der Waals surface area contributed by atoms with Gasteiger partial charge in [0.05, 0.1) is 16.1 Å². The average molecular weight is 443 g/mol. The standard InChI is InChI=1S/C21H24N4O2S.CH2O2/c26-28(27,18-8-2-1-3-9-18)25-16-20(21-19(25)10-6-11-22-21)24-14-13-23-12-5-4-7-17(23)15-24;2-1-3/h1-3,6,8-11,16-17H,4-5,7,12-15H2;1H,(H,2,3). The average Bonchev–Trinajstić information content (AvgIpc) is 3.20. The van der Waals surface area contributed by atoms with Crippen molar-refractivity contribution in [2.75, 3.05) is 31.1 Å². The van der Waals surface area contributed by atoms with Crippen LogP contribution in [0.15, 0.2) is 59.8 Å². The first kappa shape index (κ1) is 21.3. The Hall–Kier alpha value is -2.91. The number of carboxylic acid groups (broad SMARTS) is 1. The third-order valence-electron chi connectivity index (χ3n) is 5.98. The molecule has 4 heterocycles. The fourth-order valence-electron chi connectivity index (χ4n) is 4.52. The zero-order chi connectivity index (χ0) is 21.8. The maximum Gasteiger partial charge on any atom is 0.290 e. The monoisotopic (exact) mass is 442 g/mol. The van der Waals surface area contributed by atoms with Crippen LogP contribution in [0.5, 0.6) is 0 Å². The number of hydrogen-bond acceptors (Lipinski definition) is 6. The molecule has 2 saturated heterocycles. The van der Waals surface area contributed by atoms with Crippen LogP contribution < -0.4 is 4.90 Å². The van der Waals surface area contributed by atoms with Crippen molar-refractivity contribution in [2.24, 2.45) is 0 Å². The van der Waals surface area contributed by atoms with Crippen molar-refractivity contribution < 1.29 is 18.3 Å². The first-order chi connectivity index (χ1) is 15.1. The first-order valence-electron chi connectivity index (χ1n) is 10.4.